The highest BCUT2D eigenvalue weighted by molar-refractivity contribution is 5.89. The quantitative estimate of drug-likeness (QED) is 0.576. The molecule has 2 fully saturated rings. The Hall–Kier alpha value is -2.34. The maximum Gasteiger partial charge on any atom is 0.331 e. The molecule has 2 saturated heterocycles. The third-order valence-electron chi connectivity index (χ3n) is 5.17. The van der Waals surface area contributed by atoms with Crippen molar-refractivity contribution in [3.8, 4) is 0 Å². The maximum atomic E-state index is 11.8. The molecule has 0 radical (unpaired) electrons. The van der Waals surface area contributed by atoms with E-state index in [1.165, 1.54) is 37.4 Å². The molecule has 6 heteroatoms. The third kappa shape index (κ3) is 6.68. The minimum atomic E-state index is -0.524. The summed E-state index contributed by atoms with van der Waals surface area (Å²) < 4.78 is 10.4. The van der Waals surface area contributed by atoms with Crippen LogP contribution in [0.3, 0.4) is 0 Å². The molecule has 2 heterocycles. The first kappa shape index (κ1) is 20.4. The highest BCUT2D eigenvalue weighted by Crippen LogP contribution is 2.20. The molecule has 0 saturated carbocycles. The molecule has 1 N–H and O–H groups in total. The highest BCUT2D eigenvalue weighted by Gasteiger charge is 2.16. The fourth-order valence-corrected chi connectivity index (χ4v) is 3.56. The molecule has 2 aliphatic heterocycles. The lowest BCUT2D eigenvalue weighted by molar-refractivity contribution is -0.143. The Balaban J connectivity index is 1.38. The molecule has 1 aromatic carbocycles. The zero-order valence-corrected chi connectivity index (χ0v) is 16.4. The van der Waals surface area contributed by atoms with Crippen LogP contribution in [0.5, 0.6) is 0 Å². The molecular formula is C22H30N2O4. The van der Waals surface area contributed by atoms with E-state index in [1.54, 1.807) is 6.08 Å². The van der Waals surface area contributed by atoms with E-state index >= 15 is 0 Å². The van der Waals surface area contributed by atoms with Crippen molar-refractivity contribution >= 4 is 23.6 Å². The second-order valence-electron chi connectivity index (χ2n) is 7.37. The van der Waals surface area contributed by atoms with Crippen LogP contribution >= 0.6 is 0 Å². The van der Waals surface area contributed by atoms with Gasteiger partial charge in [0, 0.05) is 38.0 Å². The van der Waals surface area contributed by atoms with Gasteiger partial charge >= 0.3 is 5.97 Å². The first-order valence-corrected chi connectivity index (χ1v) is 10.3. The van der Waals surface area contributed by atoms with Gasteiger partial charge in [0.1, 0.15) is 0 Å². The van der Waals surface area contributed by atoms with Crippen LogP contribution in [-0.2, 0) is 19.1 Å². The molecule has 0 aliphatic carbocycles. The Labute approximate surface area is 166 Å². The number of esters is 1. The summed E-state index contributed by atoms with van der Waals surface area (Å²) in [4.78, 5) is 26.0. The number of nitrogens with one attached hydrogen (secondary N) is 1. The Bertz CT molecular complexity index is 658. The maximum absolute atomic E-state index is 11.8. The van der Waals surface area contributed by atoms with Gasteiger partial charge in [0.15, 0.2) is 6.61 Å². The van der Waals surface area contributed by atoms with E-state index in [9.17, 15) is 9.59 Å². The smallest absolute Gasteiger partial charge is 0.331 e. The third-order valence-corrected chi connectivity index (χ3v) is 5.17. The summed E-state index contributed by atoms with van der Waals surface area (Å²) in [7, 11) is 0. The summed E-state index contributed by atoms with van der Waals surface area (Å²) in [5, 5.41) is 2.73. The highest BCUT2D eigenvalue weighted by atomic mass is 16.5. The average molecular weight is 386 g/mol. The monoisotopic (exact) mass is 386 g/mol. The van der Waals surface area contributed by atoms with Gasteiger partial charge in [-0.15, -0.1) is 0 Å². The van der Waals surface area contributed by atoms with Crippen molar-refractivity contribution in [3.63, 3.8) is 0 Å². The predicted molar refractivity (Wildman–Crippen MR) is 109 cm³/mol. The van der Waals surface area contributed by atoms with Gasteiger partial charge in [-0.05, 0) is 49.5 Å². The molecule has 28 heavy (non-hydrogen) atoms. The van der Waals surface area contributed by atoms with Crippen LogP contribution in [0.2, 0.25) is 0 Å². The molecule has 6 nitrogen and oxygen atoms in total. The number of carbonyl (C=O) groups is 2. The summed E-state index contributed by atoms with van der Waals surface area (Å²) >= 11 is 0. The lowest BCUT2D eigenvalue weighted by atomic mass is 10.1. The van der Waals surface area contributed by atoms with Crippen molar-refractivity contribution < 1.29 is 19.1 Å². The molecule has 0 unspecified atom stereocenters. The molecule has 0 bridgehead atoms. The van der Waals surface area contributed by atoms with Gasteiger partial charge in [-0.1, -0.05) is 25.0 Å². The van der Waals surface area contributed by atoms with Gasteiger partial charge in [0.2, 0.25) is 0 Å². The number of carbonyl (C=O) groups excluding carboxylic acids is 2. The van der Waals surface area contributed by atoms with Crippen LogP contribution in [0.25, 0.3) is 6.08 Å². The van der Waals surface area contributed by atoms with E-state index < -0.39 is 5.97 Å². The molecule has 0 aromatic heterocycles. The van der Waals surface area contributed by atoms with E-state index in [1.807, 2.05) is 12.1 Å². The van der Waals surface area contributed by atoms with E-state index in [0.29, 0.717) is 6.54 Å². The zero-order valence-electron chi connectivity index (χ0n) is 16.4. The largest absolute Gasteiger partial charge is 0.452 e. The number of hydrogen-bond donors (Lipinski definition) is 1. The van der Waals surface area contributed by atoms with Crippen molar-refractivity contribution in [3.05, 3.63) is 35.9 Å². The van der Waals surface area contributed by atoms with Crippen molar-refractivity contribution in [1.29, 1.82) is 0 Å². The van der Waals surface area contributed by atoms with Crippen LogP contribution in [0, 0.1) is 0 Å². The molecular weight excluding hydrogens is 356 g/mol. The second kappa shape index (κ2) is 10.9. The van der Waals surface area contributed by atoms with Crippen molar-refractivity contribution in [2.45, 2.75) is 44.6 Å². The second-order valence-corrected chi connectivity index (χ2v) is 7.37. The van der Waals surface area contributed by atoms with E-state index in [4.69, 9.17) is 9.47 Å². The lowest BCUT2D eigenvalue weighted by Gasteiger charge is -2.22. The Morgan fingerprint density at radius 1 is 1.11 bits per heavy atom. The number of benzene rings is 1. The first-order valence-electron chi connectivity index (χ1n) is 10.3. The van der Waals surface area contributed by atoms with Gasteiger partial charge < -0.3 is 19.7 Å². The van der Waals surface area contributed by atoms with E-state index in [2.05, 4.69) is 22.3 Å². The van der Waals surface area contributed by atoms with Gasteiger partial charge in [0.25, 0.3) is 5.91 Å². The number of anilines is 1. The molecule has 152 valence electrons. The lowest BCUT2D eigenvalue weighted by Crippen LogP contribution is -2.34. The first-order chi connectivity index (χ1) is 13.7. The predicted octanol–water partition coefficient (Wildman–Crippen LogP) is 2.92. The zero-order chi connectivity index (χ0) is 19.6. The standard InChI is InChI=1S/C22H30N2O4/c25-21(23-16-20-6-5-15-27-20)17-28-22(26)12-9-18-7-10-19(11-8-18)24-13-3-1-2-4-14-24/h7-12,20H,1-6,13-17H2,(H,23,25)/b12-9+/t20-/m1/s1. The fourth-order valence-electron chi connectivity index (χ4n) is 3.56. The average Bonchev–Trinajstić information content (AvgIpc) is 3.10. The molecule has 0 spiro atoms. The van der Waals surface area contributed by atoms with Gasteiger partial charge in [-0.25, -0.2) is 4.79 Å². The van der Waals surface area contributed by atoms with Gasteiger partial charge in [-0.2, -0.15) is 0 Å². The van der Waals surface area contributed by atoms with Crippen LogP contribution in [0.15, 0.2) is 30.3 Å². The van der Waals surface area contributed by atoms with Gasteiger partial charge in [-0.3, -0.25) is 4.79 Å². The molecule has 1 aromatic rings. The molecule has 2 aliphatic rings. The summed E-state index contributed by atoms with van der Waals surface area (Å²) in [5.41, 5.74) is 2.16. The number of amides is 1. The van der Waals surface area contributed by atoms with E-state index in [-0.39, 0.29) is 18.6 Å². The summed E-state index contributed by atoms with van der Waals surface area (Å²) in [6.45, 7) is 3.16. The van der Waals surface area contributed by atoms with Crippen molar-refractivity contribution in [2.24, 2.45) is 0 Å². The molecule has 3 rings (SSSR count). The number of ether oxygens (including phenoxy) is 2. The van der Waals surface area contributed by atoms with Crippen LogP contribution < -0.4 is 10.2 Å². The summed E-state index contributed by atoms with van der Waals surface area (Å²) in [6, 6.07) is 8.18. The normalized spacial score (nSPS) is 20.1. The van der Waals surface area contributed by atoms with Crippen LogP contribution in [0.4, 0.5) is 5.69 Å². The minimum Gasteiger partial charge on any atom is -0.452 e. The Kier molecular flexibility index (Phi) is 7.91. The summed E-state index contributed by atoms with van der Waals surface area (Å²) in [5.74, 6) is -0.831. The fraction of sp³-hybridized carbons (Fsp3) is 0.545. The molecule has 1 atom stereocenters. The van der Waals surface area contributed by atoms with E-state index in [0.717, 1.165) is 38.1 Å². The number of hydrogen-bond acceptors (Lipinski definition) is 5. The topological polar surface area (TPSA) is 67.9 Å². The number of nitrogens with zero attached hydrogens (tertiary/aromatic N) is 1. The van der Waals surface area contributed by atoms with Crippen LogP contribution in [-0.4, -0.2) is 50.8 Å². The Morgan fingerprint density at radius 2 is 1.86 bits per heavy atom. The minimum absolute atomic E-state index is 0.0804. The molecule has 1 amide bonds. The van der Waals surface area contributed by atoms with Crippen molar-refractivity contribution in [1.82, 2.24) is 5.32 Å². The van der Waals surface area contributed by atoms with Crippen molar-refractivity contribution in [2.75, 3.05) is 37.7 Å². The Morgan fingerprint density at radius 3 is 2.54 bits per heavy atom. The van der Waals surface area contributed by atoms with Gasteiger partial charge in [0.05, 0.1) is 6.10 Å². The van der Waals surface area contributed by atoms with Crippen LogP contribution in [0.1, 0.15) is 44.1 Å². The number of rotatable bonds is 7. The summed E-state index contributed by atoms with van der Waals surface area (Å²) in [6.07, 6.45) is 10.2. The SMILES string of the molecule is O=C(COC(=O)/C=C/c1ccc(N2CCCCCC2)cc1)NC[C@H]1CCCO1.